The number of hydrogen-bond acceptors (Lipinski definition) is 1. The third kappa shape index (κ3) is 4.16. The van der Waals surface area contributed by atoms with Gasteiger partial charge in [-0.1, -0.05) is 50.6 Å². The molecule has 108 valence electrons. The van der Waals surface area contributed by atoms with E-state index in [-0.39, 0.29) is 13.9 Å². The van der Waals surface area contributed by atoms with E-state index >= 15 is 0 Å². The normalized spacial score (nSPS) is 25.0. The molecule has 1 saturated heterocycles. The van der Waals surface area contributed by atoms with Crippen LogP contribution in [-0.2, 0) is 16.4 Å². The van der Waals surface area contributed by atoms with Crippen molar-refractivity contribution >= 4 is 25.4 Å². The fourth-order valence-electron chi connectivity index (χ4n) is 3.05. The van der Waals surface area contributed by atoms with Gasteiger partial charge < -0.3 is 4.43 Å². The molecule has 0 saturated carbocycles. The van der Waals surface area contributed by atoms with Gasteiger partial charge in [-0.15, -0.1) is 0 Å². The zero-order valence-electron chi connectivity index (χ0n) is 13.3. The molecular formula is C16H26OSi3. The Hall–Kier alpha value is -0.169. The van der Waals surface area contributed by atoms with Crippen LogP contribution in [0.4, 0.5) is 0 Å². The van der Waals surface area contributed by atoms with Gasteiger partial charge in [0.05, 0.1) is 14.2 Å². The summed E-state index contributed by atoms with van der Waals surface area (Å²) < 4.78 is 6.45. The van der Waals surface area contributed by atoms with E-state index in [2.05, 4.69) is 51.2 Å². The van der Waals surface area contributed by atoms with E-state index in [4.69, 9.17) is 4.43 Å². The standard InChI is InChI=1S/C16H26OSi3/c1-5-6-7-9-14-10-8-11-15(12-14)16(2)13-19(3)18-20(4)17-16/h8,10-12H,5-7,9,13H2,1-4H3. The van der Waals surface area contributed by atoms with Crippen LogP contribution in [0.3, 0.4) is 0 Å². The van der Waals surface area contributed by atoms with Gasteiger partial charge in [-0.3, -0.25) is 0 Å². The van der Waals surface area contributed by atoms with Crippen LogP contribution in [0.2, 0.25) is 19.1 Å². The van der Waals surface area contributed by atoms with Crippen LogP contribution >= 0.6 is 0 Å². The SMILES string of the molecule is CCCCCc1cccc(C2(C)C[Si](C)[Si][Si](C)O2)c1. The van der Waals surface area contributed by atoms with Crippen molar-refractivity contribution in [1.29, 1.82) is 0 Å². The van der Waals surface area contributed by atoms with E-state index < -0.39 is 8.56 Å². The molecule has 1 aliphatic rings. The van der Waals surface area contributed by atoms with E-state index in [1.165, 1.54) is 42.9 Å². The van der Waals surface area contributed by atoms with Crippen molar-refractivity contribution < 1.29 is 4.43 Å². The zero-order valence-corrected chi connectivity index (χ0v) is 16.3. The molecule has 0 bridgehead atoms. The summed E-state index contributed by atoms with van der Waals surface area (Å²) in [5.74, 6) is 0. The van der Waals surface area contributed by atoms with Crippen molar-refractivity contribution in [3.05, 3.63) is 35.4 Å². The molecule has 4 radical (unpaired) electrons. The minimum atomic E-state index is -0.555. The Morgan fingerprint density at radius 1 is 1.30 bits per heavy atom. The van der Waals surface area contributed by atoms with Gasteiger partial charge in [-0.05, 0) is 43.5 Å². The van der Waals surface area contributed by atoms with Gasteiger partial charge in [-0.25, -0.2) is 0 Å². The molecule has 1 unspecified atom stereocenters. The molecular weight excluding hydrogens is 292 g/mol. The number of aryl methyl sites for hydroxylation is 1. The molecule has 0 spiro atoms. The fraction of sp³-hybridized carbons (Fsp3) is 0.625. The molecule has 1 aliphatic heterocycles. The van der Waals surface area contributed by atoms with Crippen LogP contribution in [-0.4, -0.2) is 25.4 Å². The maximum absolute atomic E-state index is 6.45. The lowest BCUT2D eigenvalue weighted by molar-refractivity contribution is 0.110. The van der Waals surface area contributed by atoms with Crippen LogP contribution in [0, 0.1) is 0 Å². The van der Waals surface area contributed by atoms with Gasteiger partial charge in [0.1, 0.15) is 0 Å². The van der Waals surface area contributed by atoms with Gasteiger partial charge in [0, 0.05) is 8.31 Å². The fourth-order valence-corrected chi connectivity index (χ4v) is 16.7. The molecule has 0 amide bonds. The molecule has 20 heavy (non-hydrogen) atoms. The topological polar surface area (TPSA) is 9.23 Å². The second-order valence-electron chi connectivity index (χ2n) is 6.13. The summed E-state index contributed by atoms with van der Waals surface area (Å²) in [6, 6.07) is 10.5. The summed E-state index contributed by atoms with van der Waals surface area (Å²) in [5.41, 5.74) is 2.91. The molecule has 1 heterocycles. The predicted molar refractivity (Wildman–Crippen MR) is 91.9 cm³/mol. The number of unbranched alkanes of at least 4 members (excludes halogenated alkanes) is 2. The lowest BCUT2D eigenvalue weighted by Gasteiger charge is -2.40. The largest absolute Gasteiger partial charge is 0.412 e. The maximum atomic E-state index is 6.45. The minimum Gasteiger partial charge on any atom is -0.412 e. The molecule has 4 heteroatoms. The summed E-state index contributed by atoms with van der Waals surface area (Å²) in [5, 5.41) is 0. The molecule has 1 nitrogen and oxygen atoms in total. The van der Waals surface area contributed by atoms with Crippen molar-refractivity contribution in [3.8, 4) is 0 Å². The van der Waals surface area contributed by atoms with Gasteiger partial charge in [0.15, 0.2) is 8.56 Å². The lowest BCUT2D eigenvalue weighted by atomic mass is 9.95. The molecule has 0 aromatic heterocycles. The Labute approximate surface area is 129 Å². The summed E-state index contributed by atoms with van der Waals surface area (Å²) in [7, 11) is 0.405. The highest BCUT2D eigenvalue weighted by atomic mass is 29.6. The first-order chi connectivity index (χ1) is 9.53. The smallest absolute Gasteiger partial charge is 0.185 e. The molecule has 1 aromatic rings. The Morgan fingerprint density at radius 2 is 2.10 bits per heavy atom. The Bertz CT molecular complexity index is 425. The van der Waals surface area contributed by atoms with Crippen molar-refractivity contribution in [1.82, 2.24) is 0 Å². The molecule has 1 fully saturated rings. The molecule has 1 atom stereocenters. The van der Waals surface area contributed by atoms with E-state index in [1.807, 2.05) is 0 Å². The second kappa shape index (κ2) is 7.20. The summed E-state index contributed by atoms with van der Waals surface area (Å²) in [6.07, 6.45) is 5.16. The second-order valence-corrected chi connectivity index (χ2v) is 17.3. The Morgan fingerprint density at radius 3 is 2.80 bits per heavy atom. The van der Waals surface area contributed by atoms with Crippen molar-refractivity contribution in [2.45, 2.75) is 64.3 Å². The van der Waals surface area contributed by atoms with Crippen LogP contribution in [0.25, 0.3) is 0 Å². The third-order valence-corrected chi connectivity index (χ3v) is 16.9. The highest BCUT2D eigenvalue weighted by Gasteiger charge is 2.37. The van der Waals surface area contributed by atoms with Crippen LogP contribution in [0.15, 0.2) is 24.3 Å². The predicted octanol–water partition coefficient (Wildman–Crippen LogP) is 4.11. The van der Waals surface area contributed by atoms with E-state index in [0.717, 1.165) is 8.55 Å². The van der Waals surface area contributed by atoms with Gasteiger partial charge in [-0.2, -0.15) is 0 Å². The van der Waals surface area contributed by atoms with Gasteiger partial charge >= 0.3 is 0 Å². The Balaban J connectivity index is 2.12. The van der Waals surface area contributed by atoms with E-state index in [9.17, 15) is 0 Å². The number of benzene rings is 1. The van der Waals surface area contributed by atoms with Gasteiger partial charge in [0.2, 0.25) is 0 Å². The van der Waals surface area contributed by atoms with Crippen molar-refractivity contribution in [3.63, 3.8) is 0 Å². The average molecular weight is 319 g/mol. The summed E-state index contributed by atoms with van der Waals surface area (Å²) in [6.45, 7) is 9.43. The molecule has 1 aromatic carbocycles. The zero-order chi connectivity index (χ0) is 14.6. The van der Waals surface area contributed by atoms with Crippen molar-refractivity contribution in [2.24, 2.45) is 0 Å². The minimum absolute atomic E-state index is 0.00188. The Kier molecular flexibility index (Phi) is 5.84. The maximum Gasteiger partial charge on any atom is 0.185 e. The summed E-state index contributed by atoms with van der Waals surface area (Å²) >= 11 is 0. The van der Waals surface area contributed by atoms with E-state index in [1.54, 1.807) is 0 Å². The number of rotatable bonds is 5. The quantitative estimate of drug-likeness (QED) is 0.586. The first kappa shape index (κ1) is 16.2. The van der Waals surface area contributed by atoms with Gasteiger partial charge in [0.25, 0.3) is 0 Å². The number of hydrogen-bond donors (Lipinski definition) is 0. The van der Waals surface area contributed by atoms with Crippen molar-refractivity contribution in [2.75, 3.05) is 0 Å². The lowest BCUT2D eigenvalue weighted by Crippen LogP contribution is -2.49. The average Bonchev–Trinajstić information content (AvgIpc) is 2.38. The van der Waals surface area contributed by atoms with Crippen LogP contribution in [0.1, 0.15) is 44.2 Å². The van der Waals surface area contributed by atoms with Crippen LogP contribution in [0.5, 0.6) is 0 Å². The highest BCUT2D eigenvalue weighted by Crippen LogP contribution is 2.35. The van der Waals surface area contributed by atoms with Crippen LogP contribution < -0.4 is 0 Å². The third-order valence-electron chi connectivity index (χ3n) is 3.98. The molecule has 0 N–H and O–H groups in total. The first-order valence-corrected chi connectivity index (χ1v) is 14.9. The first-order valence-electron chi connectivity index (χ1n) is 7.75. The monoisotopic (exact) mass is 318 g/mol. The molecule has 0 aliphatic carbocycles. The highest BCUT2D eigenvalue weighted by molar-refractivity contribution is 7.39. The van der Waals surface area contributed by atoms with E-state index in [0.29, 0.717) is 0 Å². The molecule has 2 rings (SSSR count). The summed E-state index contributed by atoms with van der Waals surface area (Å²) in [4.78, 5) is 0.